The van der Waals surface area contributed by atoms with Gasteiger partial charge in [0, 0.05) is 10.0 Å². The van der Waals surface area contributed by atoms with Gasteiger partial charge in [0.05, 0.1) is 0 Å². The predicted octanol–water partition coefficient (Wildman–Crippen LogP) is 6.01. The fourth-order valence-corrected chi connectivity index (χ4v) is 3.15. The van der Waals surface area contributed by atoms with E-state index in [2.05, 4.69) is 31.2 Å². The molecule has 0 saturated heterocycles. The van der Waals surface area contributed by atoms with Crippen LogP contribution in [0, 0.1) is 0 Å². The molecule has 0 spiro atoms. The highest BCUT2D eigenvalue weighted by Crippen LogP contribution is 2.36. The Bertz CT molecular complexity index is 649. The fraction of sp³-hybridized carbons (Fsp3) is 0.176. The lowest BCUT2D eigenvalue weighted by Gasteiger charge is -2.09. The van der Waals surface area contributed by atoms with E-state index in [0.29, 0.717) is 10.0 Å². The van der Waals surface area contributed by atoms with Crippen molar-refractivity contribution in [2.24, 2.45) is 0 Å². The number of halogens is 2. The van der Waals surface area contributed by atoms with Crippen LogP contribution in [0.5, 0.6) is 0 Å². The van der Waals surface area contributed by atoms with Gasteiger partial charge in [-0.05, 0) is 53.3 Å². The van der Waals surface area contributed by atoms with E-state index in [9.17, 15) is 0 Å². The zero-order valence-corrected chi connectivity index (χ0v) is 12.2. The minimum absolute atomic E-state index is 0.679. The second kappa shape index (κ2) is 5.03. The van der Waals surface area contributed by atoms with Crippen molar-refractivity contribution in [3.8, 4) is 11.1 Å². The first-order valence-electron chi connectivity index (χ1n) is 6.45. The number of allylic oxidation sites excluding steroid dienone is 1. The summed E-state index contributed by atoms with van der Waals surface area (Å²) < 4.78 is 0. The monoisotopic (exact) mass is 288 g/mol. The van der Waals surface area contributed by atoms with Crippen LogP contribution in [0.15, 0.2) is 42.0 Å². The summed E-state index contributed by atoms with van der Waals surface area (Å²) in [6.45, 7) is 2.20. The lowest BCUT2D eigenvalue weighted by atomic mass is 9.97. The molecular formula is C17H14Cl2. The lowest BCUT2D eigenvalue weighted by Crippen LogP contribution is -1.87. The summed E-state index contributed by atoms with van der Waals surface area (Å²) in [6.07, 6.45) is 4.47. The van der Waals surface area contributed by atoms with Gasteiger partial charge in [-0.3, -0.25) is 0 Å². The maximum absolute atomic E-state index is 6.11. The van der Waals surface area contributed by atoms with Gasteiger partial charge in [0.25, 0.3) is 0 Å². The van der Waals surface area contributed by atoms with E-state index in [1.54, 1.807) is 6.07 Å². The average Bonchev–Trinajstić information content (AvgIpc) is 2.80. The Morgan fingerprint density at radius 2 is 1.79 bits per heavy atom. The molecule has 0 saturated carbocycles. The molecule has 0 N–H and O–H groups in total. The maximum atomic E-state index is 6.11. The third-order valence-electron chi connectivity index (χ3n) is 3.59. The van der Waals surface area contributed by atoms with Crippen LogP contribution in [0.25, 0.3) is 17.2 Å². The van der Waals surface area contributed by atoms with Crippen LogP contribution in [0.3, 0.4) is 0 Å². The van der Waals surface area contributed by atoms with Crippen LogP contribution < -0.4 is 0 Å². The standard InChI is InChI=1S/C17H14Cl2/c1-2-11-6-12-4-3-5-16(17(12)7-11)13-8-14(18)10-15(19)9-13/h3-5,7-10H,2,6H2,1H3. The van der Waals surface area contributed by atoms with Crippen LogP contribution in [0.2, 0.25) is 10.0 Å². The van der Waals surface area contributed by atoms with Gasteiger partial charge in [0.1, 0.15) is 0 Å². The molecule has 19 heavy (non-hydrogen) atoms. The molecule has 0 atom stereocenters. The molecule has 0 aromatic heterocycles. The molecule has 0 bridgehead atoms. The van der Waals surface area contributed by atoms with Crippen molar-refractivity contribution in [2.45, 2.75) is 19.8 Å². The molecule has 0 amide bonds. The Kier molecular flexibility index (Phi) is 3.38. The molecule has 3 rings (SSSR count). The Balaban J connectivity index is 2.17. The van der Waals surface area contributed by atoms with Crippen molar-refractivity contribution < 1.29 is 0 Å². The van der Waals surface area contributed by atoms with Crippen LogP contribution >= 0.6 is 23.2 Å². The normalized spacial score (nSPS) is 13.3. The molecule has 2 aromatic carbocycles. The van der Waals surface area contributed by atoms with Gasteiger partial charge in [-0.2, -0.15) is 0 Å². The highest BCUT2D eigenvalue weighted by Gasteiger charge is 2.15. The summed E-state index contributed by atoms with van der Waals surface area (Å²) in [4.78, 5) is 0. The minimum Gasteiger partial charge on any atom is -0.0843 e. The number of benzene rings is 2. The molecule has 96 valence electrons. The van der Waals surface area contributed by atoms with Gasteiger partial charge in [0.2, 0.25) is 0 Å². The van der Waals surface area contributed by atoms with Crippen molar-refractivity contribution in [1.82, 2.24) is 0 Å². The van der Waals surface area contributed by atoms with E-state index in [-0.39, 0.29) is 0 Å². The molecule has 0 nitrogen and oxygen atoms in total. The largest absolute Gasteiger partial charge is 0.0843 e. The summed E-state index contributed by atoms with van der Waals surface area (Å²) in [5.74, 6) is 0. The fourth-order valence-electron chi connectivity index (χ4n) is 2.63. The Morgan fingerprint density at radius 1 is 1.05 bits per heavy atom. The van der Waals surface area contributed by atoms with E-state index in [0.717, 1.165) is 18.4 Å². The summed E-state index contributed by atoms with van der Waals surface area (Å²) in [6, 6.07) is 12.2. The topological polar surface area (TPSA) is 0 Å². The highest BCUT2D eigenvalue weighted by atomic mass is 35.5. The molecule has 0 unspecified atom stereocenters. The number of hydrogen-bond acceptors (Lipinski definition) is 0. The van der Waals surface area contributed by atoms with Gasteiger partial charge < -0.3 is 0 Å². The third-order valence-corrected chi connectivity index (χ3v) is 4.03. The van der Waals surface area contributed by atoms with Crippen molar-refractivity contribution >= 4 is 29.3 Å². The highest BCUT2D eigenvalue weighted by molar-refractivity contribution is 6.35. The average molecular weight is 289 g/mol. The summed E-state index contributed by atoms with van der Waals surface area (Å²) >= 11 is 12.2. The maximum Gasteiger partial charge on any atom is 0.0426 e. The first-order valence-corrected chi connectivity index (χ1v) is 7.21. The first-order chi connectivity index (χ1) is 9.17. The summed E-state index contributed by atoms with van der Waals surface area (Å²) in [7, 11) is 0. The Hall–Kier alpha value is -1.24. The van der Waals surface area contributed by atoms with Crippen LogP contribution in [-0.2, 0) is 6.42 Å². The minimum atomic E-state index is 0.679. The van der Waals surface area contributed by atoms with Gasteiger partial charge >= 0.3 is 0 Å². The zero-order chi connectivity index (χ0) is 13.4. The summed E-state index contributed by atoms with van der Waals surface area (Å²) in [5, 5.41) is 1.36. The SMILES string of the molecule is CCC1=Cc2c(cccc2-c2cc(Cl)cc(Cl)c2)C1. The lowest BCUT2D eigenvalue weighted by molar-refractivity contribution is 1.04. The van der Waals surface area contributed by atoms with Gasteiger partial charge in [-0.15, -0.1) is 0 Å². The van der Waals surface area contributed by atoms with E-state index < -0.39 is 0 Å². The molecule has 1 aliphatic carbocycles. The molecule has 0 heterocycles. The van der Waals surface area contributed by atoms with Crippen LogP contribution in [0.4, 0.5) is 0 Å². The zero-order valence-electron chi connectivity index (χ0n) is 10.7. The second-order valence-corrected chi connectivity index (χ2v) is 5.74. The van der Waals surface area contributed by atoms with Crippen LogP contribution in [-0.4, -0.2) is 0 Å². The number of fused-ring (bicyclic) bond motifs is 1. The van der Waals surface area contributed by atoms with Crippen molar-refractivity contribution in [3.63, 3.8) is 0 Å². The van der Waals surface area contributed by atoms with Crippen molar-refractivity contribution in [3.05, 3.63) is 63.1 Å². The quantitative estimate of drug-likeness (QED) is 0.635. The molecule has 2 heteroatoms. The molecule has 1 aliphatic rings. The molecule has 0 fully saturated rings. The van der Waals surface area contributed by atoms with E-state index in [4.69, 9.17) is 23.2 Å². The molecular weight excluding hydrogens is 275 g/mol. The molecule has 0 radical (unpaired) electrons. The van der Waals surface area contributed by atoms with E-state index >= 15 is 0 Å². The second-order valence-electron chi connectivity index (χ2n) is 4.87. The van der Waals surface area contributed by atoms with Crippen LogP contribution in [0.1, 0.15) is 24.5 Å². The number of hydrogen-bond donors (Lipinski definition) is 0. The van der Waals surface area contributed by atoms with Gasteiger partial charge in [0.15, 0.2) is 0 Å². The third kappa shape index (κ3) is 2.43. The number of rotatable bonds is 2. The Labute approximate surface area is 123 Å². The molecule has 2 aromatic rings. The van der Waals surface area contributed by atoms with E-state index in [1.165, 1.54) is 22.3 Å². The summed E-state index contributed by atoms with van der Waals surface area (Å²) in [5.41, 5.74) is 6.49. The van der Waals surface area contributed by atoms with Crippen molar-refractivity contribution in [2.75, 3.05) is 0 Å². The smallest absolute Gasteiger partial charge is 0.0426 e. The predicted molar refractivity (Wildman–Crippen MR) is 83.9 cm³/mol. The van der Waals surface area contributed by atoms with Crippen molar-refractivity contribution in [1.29, 1.82) is 0 Å². The van der Waals surface area contributed by atoms with Gasteiger partial charge in [-0.1, -0.05) is 60.0 Å². The van der Waals surface area contributed by atoms with Gasteiger partial charge in [-0.25, -0.2) is 0 Å². The molecule has 0 aliphatic heterocycles. The first kappa shape index (κ1) is 12.8. The Morgan fingerprint density at radius 3 is 2.47 bits per heavy atom. The van der Waals surface area contributed by atoms with E-state index in [1.807, 2.05) is 12.1 Å².